The minimum Gasteiger partial charge on any atom is -0.481 e. The number of carboxylic acids is 1. The van der Waals surface area contributed by atoms with Gasteiger partial charge in [0.15, 0.2) is 0 Å². The molecule has 116 valence electrons. The van der Waals surface area contributed by atoms with Gasteiger partial charge in [0.05, 0.1) is 5.41 Å². The van der Waals surface area contributed by atoms with Gasteiger partial charge in [-0.3, -0.25) is 9.69 Å². The van der Waals surface area contributed by atoms with E-state index in [2.05, 4.69) is 4.90 Å². The molecule has 0 aliphatic carbocycles. The van der Waals surface area contributed by atoms with Crippen LogP contribution in [0.25, 0.3) is 0 Å². The van der Waals surface area contributed by atoms with Gasteiger partial charge in [-0.2, -0.15) is 0 Å². The van der Waals surface area contributed by atoms with Crippen molar-refractivity contribution in [3.05, 3.63) is 33.8 Å². The van der Waals surface area contributed by atoms with E-state index in [0.29, 0.717) is 23.1 Å². The van der Waals surface area contributed by atoms with Crippen LogP contribution in [0.5, 0.6) is 0 Å². The van der Waals surface area contributed by atoms with Gasteiger partial charge in [0.1, 0.15) is 0 Å². The quantitative estimate of drug-likeness (QED) is 0.866. The normalized spacial score (nSPS) is 23.2. The molecular weight excluding hydrogens is 309 g/mol. The Morgan fingerprint density at radius 2 is 2.05 bits per heavy atom. The molecule has 3 nitrogen and oxygen atoms in total. The highest BCUT2D eigenvalue weighted by molar-refractivity contribution is 6.35. The summed E-state index contributed by atoms with van der Waals surface area (Å²) in [6.07, 6.45) is 3.25. The highest BCUT2D eigenvalue weighted by Gasteiger charge is 2.41. The minimum atomic E-state index is -0.681. The maximum atomic E-state index is 11.7. The van der Waals surface area contributed by atoms with Crippen molar-refractivity contribution in [1.82, 2.24) is 4.90 Å². The zero-order valence-electron chi connectivity index (χ0n) is 12.2. The van der Waals surface area contributed by atoms with E-state index >= 15 is 0 Å². The lowest BCUT2D eigenvalue weighted by atomic mass is 9.76. The molecule has 1 aromatic rings. The maximum absolute atomic E-state index is 11.7. The number of benzene rings is 1. The fraction of sp³-hybridized carbons (Fsp3) is 0.562. The van der Waals surface area contributed by atoms with Crippen molar-refractivity contribution in [2.24, 2.45) is 5.41 Å². The summed E-state index contributed by atoms with van der Waals surface area (Å²) in [6, 6.07) is 5.47. The van der Waals surface area contributed by atoms with Gasteiger partial charge in [0, 0.05) is 28.7 Å². The zero-order valence-corrected chi connectivity index (χ0v) is 13.8. The standard InChI is InChI=1S/C16H21Cl2NO2/c1-2-7-16(15(20)21)8-4-9-19(11-16)10-12-13(17)5-3-6-14(12)18/h3,5-6H,2,4,7-11H2,1H3,(H,20,21). The van der Waals surface area contributed by atoms with Gasteiger partial charge in [-0.15, -0.1) is 0 Å². The van der Waals surface area contributed by atoms with E-state index in [0.717, 1.165) is 37.8 Å². The number of carbonyl (C=O) groups is 1. The van der Waals surface area contributed by atoms with Gasteiger partial charge in [0.25, 0.3) is 0 Å². The van der Waals surface area contributed by atoms with Gasteiger partial charge in [-0.05, 0) is 37.9 Å². The number of likely N-dealkylation sites (tertiary alicyclic amines) is 1. The third-order valence-electron chi connectivity index (χ3n) is 4.28. The fourth-order valence-electron chi connectivity index (χ4n) is 3.23. The Morgan fingerprint density at radius 3 is 2.62 bits per heavy atom. The van der Waals surface area contributed by atoms with Crippen LogP contribution >= 0.6 is 23.2 Å². The molecule has 5 heteroatoms. The second kappa shape index (κ2) is 6.99. The molecule has 1 heterocycles. The number of nitrogens with zero attached hydrogens (tertiary/aromatic N) is 1. The smallest absolute Gasteiger partial charge is 0.310 e. The summed E-state index contributed by atoms with van der Waals surface area (Å²) in [5.74, 6) is -0.681. The summed E-state index contributed by atoms with van der Waals surface area (Å²) in [5.41, 5.74) is 0.263. The molecule has 0 amide bonds. The highest BCUT2D eigenvalue weighted by atomic mass is 35.5. The van der Waals surface area contributed by atoms with Crippen molar-refractivity contribution in [2.75, 3.05) is 13.1 Å². The lowest BCUT2D eigenvalue weighted by Crippen LogP contribution is -2.47. The van der Waals surface area contributed by atoms with Crippen molar-refractivity contribution >= 4 is 29.2 Å². The molecular formula is C16H21Cl2NO2. The monoisotopic (exact) mass is 329 g/mol. The number of aliphatic carboxylic acids is 1. The first-order valence-corrected chi connectivity index (χ1v) is 8.13. The Bertz CT molecular complexity index is 497. The molecule has 1 N–H and O–H groups in total. The van der Waals surface area contributed by atoms with Crippen LogP contribution in [0.15, 0.2) is 18.2 Å². The fourth-order valence-corrected chi connectivity index (χ4v) is 3.75. The van der Waals surface area contributed by atoms with Gasteiger partial charge >= 0.3 is 5.97 Å². The van der Waals surface area contributed by atoms with Crippen molar-refractivity contribution in [3.63, 3.8) is 0 Å². The molecule has 1 aromatic carbocycles. The summed E-state index contributed by atoms with van der Waals surface area (Å²) in [5, 5.41) is 10.9. The zero-order chi connectivity index (χ0) is 15.5. The van der Waals surface area contributed by atoms with Crippen molar-refractivity contribution in [2.45, 2.75) is 39.2 Å². The van der Waals surface area contributed by atoms with Crippen LogP contribution in [0.2, 0.25) is 10.0 Å². The Balaban J connectivity index is 2.16. The SMILES string of the molecule is CCCC1(C(=O)O)CCCN(Cc2c(Cl)cccc2Cl)C1. The Hall–Kier alpha value is -0.770. The summed E-state index contributed by atoms with van der Waals surface area (Å²) >= 11 is 12.4. The second-order valence-corrected chi connectivity index (χ2v) is 6.66. The lowest BCUT2D eigenvalue weighted by molar-refractivity contribution is -0.153. The molecule has 1 aliphatic heterocycles. The van der Waals surface area contributed by atoms with E-state index in [4.69, 9.17) is 23.2 Å². The van der Waals surface area contributed by atoms with Crippen LogP contribution in [0.1, 0.15) is 38.2 Å². The first kappa shape index (κ1) is 16.6. The number of hydrogen-bond donors (Lipinski definition) is 1. The molecule has 2 rings (SSSR count). The van der Waals surface area contributed by atoms with E-state index in [1.807, 2.05) is 25.1 Å². The van der Waals surface area contributed by atoms with Crippen molar-refractivity contribution < 1.29 is 9.90 Å². The maximum Gasteiger partial charge on any atom is 0.310 e. The van der Waals surface area contributed by atoms with E-state index in [9.17, 15) is 9.90 Å². The van der Waals surface area contributed by atoms with Gasteiger partial charge < -0.3 is 5.11 Å². The molecule has 0 aromatic heterocycles. The molecule has 21 heavy (non-hydrogen) atoms. The van der Waals surface area contributed by atoms with Crippen molar-refractivity contribution in [3.8, 4) is 0 Å². The predicted octanol–water partition coefficient (Wildman–Crippen LogP) is 4.46. The van der Waals surface area contributed by atoms with Crippen LogP contribution < -0.4 is 0 Å². The molecule has 1 saturated heterocycles. The molecule has 0 spiro atoms. The second-order valence-electron chi connectivity index (χ2n) is 5.85. The molecule has 0 bridgehead atoms. The van der Waals surface area contributed by atoms with E-state index in [1.54, 1.807) is 0 Å². The third kappa shape index (κ3) is 3.71. The molecule has 1 aliphatic rings. The number of carboxylic acid groups (broad SMARTS) is 1. The molecule has 1 atom stereocenters. The average Bonchev–Trinajstić information content (AvgIpc) is 2.44. The summed E-state index contributed by atoms with van der Waals surface area (Å²) in [7, 11) is 0. The average molecular weight is 330 g/mol. The molecule has 0 radical (unpaired) electrons. The summed E-state index contributed by atoms with van der Waals surface area (Å²) < 4.78 is 0. The predicted molar refractivity (Wildman–Crippen MR) is 85.9 cm³/mol. The molecule has 1 unspecified atom stereocenters. The van der Waals surface area contributed by atoms with Crippen molar-refractivity contribution in [1.29, 1.82) is 0 Å². The van der Waals surface area contributed by atoms with Gasteiger partial charge in [0.2, 0.25) is 0 Å². The van der Waals surface area contributed by atoms with Crippen LogP contribution in [-0.4, -0.2) is 29.1 Å². The molecule has 0 saturated carbocycles. The van der Waals surface area contributed by atoms with E-state index in [-0.39, 0.29) is 0 Å². The topological polar surface area (TPSA) is 40.5 Å². The lowest BCUT2D eigenvalue weighted by Gasteiger charge is -2.40. The highest BCUT2D eigenvalue weighted by Crippen LogP contribution is 2.36. The van der Waals surface area contributed by atoms with Crippen LogP contribution in [0, 0.1) is 5.41 Å². The van der Waals surface area contributed by atoms with Crippen LogP contribution in [0.4, 0.5) is 0 Å². The number of halogens is 2. The van der Waals surface area contributed by atoms with E-state index < -0.39 is 11.4 Å². The number of piperidine rings is 1. The van der Waals surface area contributed by atoms with E-state index in [1.165, 1.54) is 0 Å². The minimum absolute atomic E-state index is 0.567. The summed E-state index contributed by atoms with van der Waals surface area (Å²) in [4.78, 5) is 13.9. The number of rotatable bonds is 5. The summed E-state index contributed by atoms with van der Waals surface area (Å²) in [6.45, 7) is 4.10. The first-order valence-electron chi connectivity index (χ1n) is 7.37. The van der Waals surface area contributed by atoms with Crippen LogP contribution in [0.3, 0.4) is 0 Å². The Morgan fingerprint density at radius 1 is 1.38 bits per heavy atom. The van der Waals surface area contributed by atoms with Gasteiger partial charge in [-0.1, -0.05) is 42.6 Å². The number of hydrogen-bond acceptors (Lipinski definition) is 2. The Kier molecular flexibility index (Phi) is 5.53. The Labute approximate surface area is 135 Å². The largest absolute Gasteiger partial charge is 0.481 e. The third-order valence-corrected chi connectivity index (χ3v) is 4.99. The van der Waals surface area contributed by atoms with Gasteiger partial charge in [-0.25, -0.2) is 0 Å². The molecule has 1 fully saturated rings. The first-order chi connectivity index (χ1) is 9.98. The van der Waals surface area contributed by atoms with Crippen LogP contribution in [-0.2, 0) is 11.3 Å².